The maximum absolute atomic E-state index is 11.3. The second-order valence-electron chi connectivity index (χ2n) is 3.36. The molecule has 0 aromatic carbocycles. The molecule has 0 saturated heterocycles. The van der Waals surface area contributed by atoms with Gasteiger partial charge in [0.2, 0.25) is 5.91 Å². The molecule has 5 nitrogen and oxygen atoms in total. The third kappa shape index (κ3) is 4.38. The van der Waals surface area contributed by atoms with E-state index in [9.17, 15) is 9.59 Å². The number of aliphatic hydroxyl groups excluding tert-OH is 1. The van der Waals surface area contributed by atoms with Crippen molar-refractivity contribution in [1.82, 2.24) is 5.32 Å². The predicted octanol–water partition coefficient (Wildman–Crippen LogP) is 0.631. The molecule has 1 aromatic heterocycles. The summed E-state index contributed by atoms with van der Waals surface area (Å²) in [6, 6.07) is 2.53. The number of aliphatic hydroxyl groups is 1. The topological polar surface area (TPSA) is 86.6 Å². The molecular weight excluding hydrogens is 242 g/mol. The van der Waals surface area contributed by atoms with Gasteiger partial charge in [0.15, 0.2) is 6.04 Å². The highest BCUT2D eigenvalue weighted by Crippen LogP contribution is 2.16. The average molecular weight is 255 g/mol. The van der Waals surface area contributed by atoms with E-state index in [4.69, 9.17) is 10.2 Å². The minimum atomic E-state index is -1.27. The highest BCUT2D eigenvalue weighted by molar-refractivity contribution is 7.12. The van der Waals surface area contributed by atoms with E-state index in [-0.39, 0.29) is 0 Å². The summed E-state index contributed by atoms with van der Waals surface area (Å²) in [5.41, 5.74) is 0. The van der Waals surface area contributed by atoms with Crippen LogP contribution in [0.3, 0.4) is 0 Å². The normalized spacial score (nSPS) is 12.6. The van der Waals surface area contributed by atoms with E-state index >= 15 is 0 Å². The Labute approximate surface area is 102 Å². The number of carbonyl (C=O) groups excluding carboxylic acids is 1. The summed E-state index contributed by atoms with van der Waals surface area (Å²) in [6.07, 6.45) is 2.85. The number of aryl methyl sites for hydroxylation is 1. The summed E-state index contributed by atoms with van der Waals surface area (Å²) < 4.78 is 0. The lowest BCUT2D eigenvalue weighted by atomic mass is 10.3. The Morgan fingerprint density at radius 1 is 1.53 bits per heavy atom. The molecule has 92 valence electrons. The number of carbonyl (C=O) groups is 2. The van der Waals surface area contributed by atoms with Crippen LogP contribution in [-0.4, -0.2) is 34.7 Å². The maximum atomic E-state index is 11.3. The number of aliphatic carboxylic acids is 1. The summed E-state index contributed by atoms with van der Waals surface area (Å²) in [6.45, 7) is 1.32. The molecule has 1 atom stereocenters. The molecule has 1 aromatic rings. The van der Waals surface area contributed by atoms with E-state index in [0.29, 0.717) is 0 Å². The maximum Gasteiger partial charge on any atom is 0.328 e. The fourth-order valence-electron chi connectivity index (χ4n) is 1.11. The molecule has 0 spiro atoms. The van der Waals surface area contributed by atoms with Crippen LogP contribution in [0, 0.1) is 6.92 Å². The number of carboxylic acids is 1. The first-order chi connectivity index (χ1) is 8.02. The van der Waals surface area contributed by atoms with Crippen LogP contribution in [0.15, 0.2) is 18.2 Å². The SMILES string of the molecule is Cc1ccc(/C=C/C(=O)N[C@H](CO)C(=O)O)s1. The second kappa shape index (κ2) is 6.17. The van der Waals surface area contributed by atoms with Crippen LogP contribution in [0.25, 0.3) is 6.08 Å². The number of amides is 1. The van der Waals surface area contributed by atoms with Crippen LogP contribution in [-0.2, 0) is 9.59 Å². The monoisotopic (exact) mass is 255 g/mol. The Balaban J connectivity index is 2.54. The molecule has 1 rings (SSSR count). The Kier molecular flexibility index (Phi) is 4.86. The van der Waals surface area contributed by atoms with Gasteiger partial charge in [-0.05, 0) is 25.1 Å². The first kappa shape index (κ1) is 13.4. The molecule has 1 amide bonds. The molecular formula is C11H13NO4S. The summed E-state index contributed by atoms with van der Waals surface area (Å²) >= 11 is 1.53. The van der Waals surface area contributed by atoms with E-state index in [0.717, 1.165) is 9.75 Å². The Bertz CT molecular complexity index is 438. The van der Waals surface area contributed by atoms with E-state index in [1.165, 1.54) is 17.4 Å². The van der Waals surface area contributed by atoms with Crippen molar-refractivity contribution in [2.75, 3.05) is 6.61 Å². The van der Waals surface area contributed by atoms with Crippen molar-refractivity contribution < 1.29 is 19.8 Å². The lowest BCUT2D eigenvalue weighted by molar-refractivity contribution is -0.142. The van der Waals surface area contributed by atoms with Gasteiger partial charge in [0, 0.05) is 15.8 Å². The fourth-order valence-corrected chi connectivity index (χ4v) is 1.89. The molecule has 3 N–H and O–H groups in total. The summed E-state index contributed by atoms with van der Waals surface area (Å²) in [5, 5.41) is 19.5. The van der Waals surface area contributed by atoms with Crippen molar-refractivity contribution in [3.05, 3.63) is 28.0 Å². The predicted molar refractivity (Wildman–Crippen MR) is 64.7 cm³/mol. The van der Waals surface area contributed by atoms with Crippen LogP contribution >= 0.6 is 11.3 Å². The van der Waals surface area contributed by atoms with Gasteiger partial charge in [-0.3, -0.25) is 4.79 Å². The number of nitrogens with one attached hydrogen (secondary N) is 1. The first-order valence-corrected chi connectivity index (χ1v) is 5.73. The summed E-state index contributed by atoms with van der Waals surface area (Å²) in [7, 11) is 0. The van der Waals surface area contributed by atoms with Crippen molar-refractivity contribution in [2.24, 2.45) is 0 Å². The summed E-state index contributed by atoms with van der Waals surface area (Å²) in [5.74, 6) is -1.81. The molecule has 0 aliphatic carbocycles. The molecule has 0 radical (unpaired) electrons. The van der Waals surface area contributed by atoms with Gasteiger partial charge >= 0.3 is 5.97 Å². The van der Waals surface area contributed by atoms with Crippen molar-refractivity contribution in [1.29, 1.82) is 0 Å². The van der Waals surface area contributed by atoms with E-state index < -0.39 is 24.5 Å². The van der Waals surface area contributed by atoms with Gasteiger partial charge in [0.05, 0.1) is 6.61 Å². The quantitative estimate of drug-likeness (QED) is 0.674. The minimum absolute atomic E-state index is 0.544. The molecule has 0 saturated carbocycles. The zero-order chi connectivity index (χ0) is 12.8. The molecule has 0 bridgehead atoms. The average Bonchev–Trinajstić information content (AvgIpc) is 2.68. The highest BCUT2D eigenvalue weighted by atomic mass is 32.1. The standard InChI is InChI=1S/C11H13NO4S/c1-7-2-3-8(17-7)4-5-10(14)12-9(6-13)11(15)16/h2-5,9,13H,6H2,1H3,(H,12,14)(H,15,16)/b5-4+/t9-/m1/s1. The molecule has 1 heterocycles. The number of hydrogen-bond acceptors (Lipinski definition) is 4. The van der Waals surface area contributed by atoms with Crippen LogP contribution < -0.4 is 5.32 Å². The van der Waals surface area contributed by atoms with E-state index in [1.807, 2.05) is 19.1 Å². The van der Waals surface area contributed by atoms with Gasteiger partial charge in [-0.15, -0.1) is 11.3 Å². The van der Waals surface area contributed by atoms with Gasteiger partial charge in [-0.1, -0.05) is 0 Å². The zero-order valence-corrected chi connectivity index (χ0v) is 10.0. The fraction of sp³-hybridized carbons (Fsp3) is 0.273. The number of hydrogen-bond donors (Lipinski definition) is 3. The Morgan fingerprint density at radius 2 is 2.24 bits per heavy atom. The largest absolute Gasteiger partial charge is 0.480 e. The van der Waals surface area contributed by atoms with Crippen molar-refractivity contribution >= 4 is 29.3 Å². The molecule has 0 unspecified atom stereocenters. The van der Waals surface area contributed by atoms with Gasteiger partial charge in [-0.2, -0.15) is 0 Å². The van der Waals surface area contributed by atoms with E-state index in [2.05, 4.69) is 5.32 Å². The van der Waals surface area contributed by atoms with Gasteiger partial charge in [0.25, 0.3) is 0 Å². The van der Waals surface area contributed by atoms with Gasteiger partial charge in [-0.25, -0.2) is 4.79 Å². The molecule has 0 aliphatic heterocycles. The number of rotatable bonds is 5. The first-order valence-electron chi connectivity index (χ1n) is 4.91. The molecule has 0 aliphatic rings. The number of carboxylic acid groups (broad SMARTS) is 1. The Hall–Kier alpha value is -1.66. The van der Waals surface area contributed by atoms with Crippen LogP contribution in [0.5, 0.6) is 0 Å². The third-order valence-corrected chi connectivity index (χ3v) is 2.92. The van der Waals surface area contributed by atoms with Crippen molar-refractivity contribution in [2.45, 2.75) is 13.0 Å². The molecule has 17 heavy (non-hydrogen) atoms. The van der Waals surface area contributed by atoms with Crippen molar-refractivity contribution in [3.63, 3.8) is 0 Å². The van der Waals surface area contributed by atoms with Crippen LogP contribution in [0.1, 0.15) is 9.75 Å². The highest BCUT2D eigenvalue weighted by Gasteiger charge is 2.16. The van der Waals surface area contributed by atoms with Gasteiger partial charge < -0.3 is 15.5 Å². The smallest absolute Gasteiger partial charge is 0.328 e. The van der Waals surface area contributed by atoms with Crippen LogP contribution in [0.2, 0.25) is 0 Å². The summed E-state index contributed by atoms with van der Waals surface area (Å²) in [4.78, 5) is 23.9. The second-order valence-corrected chi connectivity index (χ2v) is 4.68. The minimum Gasteiger partial charge on any atom is -0.480 e. The molecule has 6 heteroatoms. The van der Waals surface area contributed by atoms with Gasteiger partial charge in [0.1, 0.15) is 0 Å². The third-order valence-electron chi connectivity index (χ3n) is 1.96. The lowest BCUT2D eigenvalue weighted by Crippen LogP contribution is -2.42. The number of thiophene rings is 1. The Morgan fingerprint density at radius 3 is 2.71 bits per heavy atom. The zero-order valence-electron chi connectivity index (χ0n) is 9.21. The van der Waals surface area contributed by atoms with Crippen LogP contribution in [0.4, 0.5) is 0 Å². The van der Waals surface area contributed by atoms with E-state index in [1.54, 1.807) is 6.08 Å². The lowest BCUT2D eigenvalue weighted by Gasteiger charge is -2.08. The molecule has 0 fully saturated rings. The van der Waals surface area contributed by atoms with Crippen molar-refractivity contribution in [3.8, 4) is 0 Å².